The summed E-state index contributed by atoms with van der Waals surface area (Å²) in [5.74, 6) is 1.22. The van der Waals surface area contributed by atoms with Crippen molar-refractivity contribution in [2.24, 2.45) is 0 Å². The van der Waals surface area contributed by atoms with Crippen LogP contribution in [0.2, 0.25) is 0 Å². The smallest absolute Gasteiger partial charge is 0.337 e. The van der Waals surface area contributed by atoms with E-state index in [1.54, 1.807) is 45.6 Å². The van der Waals surface area contributed by atoms with E-state index in [9.17, 15) is 4.79 Å². The second-order valence-electron chi connectivity index (χ2n) is 5.54. The Morgan fingerprint density at radius 2 is 1.81 bits per heavy atom. The molecule has 0 aliphatic rings. The van der Waals surface area contributed by atoms with Gasteiger partial charge in [0.05, 0.1) is 34.0 Å². The van der Waals surface area contributed by atoms with Crippen molar-refractivity contribution in [3.8, 4) is 17.2 Å². The Bertz CT molecular complexity index is 966. The van der Waals surface area contributed by atoms with Gasteiger partial charge in [0.1, 0.15) is 5.52 Å². The monoisotopic (exact) mass is 372 g/mol. The zero-order valence-electron chi connectivity index (χ0n) is 15.5. The van der Waals surface area contributed by atoms with Crippen LogP contribution in [0.25, 0.3) is 11.1 Å². The summed E-state index contributed by atoms with van der Waals surface area (Å²) in [5, 5.41) is 3.11. The SMILES string of the molecule is COC(=O)c1ccc2nc(NCc3ccc(OC)c(OC)c3OC)oc2c1. The van der Waals surface area contributed by atoms with Crippen molar-refractivity contribution in [1.29, 1.82) is 0 Å². The summed E-state index contributed by atoms with van der Waals surface area (Å²) in [6, 6.07) is 8.92. The van der Waals surface area contributed by atoms with Gasteiger partial charge in [-0.05, 0) is 30.3 Å². The topological polar surface area (TPSA) is 92.1 Å². The average molecular weight is 372 g/mol. The van der Waals surface area contributed by atoms with E-state index in [1.807, 2.05) is 6.07 Å². The van der Waals surface area contributed by atoms with Crippen LogP contribution < -0.4 is 19.5 Å². The van der Waals surface area contributed by atoms with E-state index in [4.69, 9.17) is 23.4 Å². The summed E-state index contributed by atoms with van der Waals surface area (Å²) in [7, 11) is 6.01. The summed E-state index contributed by atoms with van der Waals surface area (Å²) in [6.45, 7) is 0.389. The number of hydrogen-bond donors (Lipinski definition) is 1. The number of carbonyl (C=O) groups excluding carboxylic acids is 1. The van der Waals surface area contributed by atoms with Crippen LogP contribution in [0.5, 0.6) is 17.2 Å². The molecule has 8 heteroatoms. The van der Waals surface area contributed by atoms with Crippen LogP contribution in [0.15, 0.2) is 34.7 Å². The van der Waals surface area contributed by atoms with Gasteiger partial charge >= 0.3 is 5.97 Å². The van der Waals surface area contributed by atoms with Gasteiger partial charge in [-0.3, -0.25) is 0 Å². The first kappa shape index (κ1) is 18.4. The van der Waals surface area contributed by atoms with Gasteiger partial charge in [0, 0.05) is 12.1 Å². The lowest BCUT2D eigenvalue weighted by atomic mass is 10.1. The molecule has 0 radical (unpaired) electrons. The number of nitrogens with one attached hydrogen (secondary N) is 1. The summed E-state index contributed by atoms with van der Waals surface area (Å²) in [6.07, 6.45) is 0. The highest BCUT2D eigenvalue weighted by Crippen LogP contribution is 2.40. The van der Waals surface area contributed by atoms with Gasteiger partial charge in [0.2, 0.25) is 5.75 Å². The average Bonchev–Trinajstić information content (AvgIpc) is 3.12. The number of nitrogens with zero attached hydrogens (tertiary/aromatic N) is 1. The van der Waals surface area contributed by atoms with Crippen LogP contribution in [0.3, 0.4) is 0 Å². The third kappa shape index (κ3) is 3.59. The van der Waals surface area contributed by atoms with Crippen molar-refractivity contribution in [3.05, 3.63) is 41.5 Å². The fourth-order valence-electron chi connectivity index (χ4n) is 2.72. The molecule has 0 unspecified atom stereocenters. The fraction of sp³-hybridized carbons (Fsp3) is 0.263. The van der Waals surface area contributed by atoms with Crippen molar-refractivity contribution in [1.82, 2.24) is 4.98 Å². The Morgan fingerprint density at radius 1 is 1.04 bits per heavy atom. The number of carbonyl (C=O) groups is 1. The van der Waals surface area contributed by atoms with Gasteiger partial charge in [-0.1, -0.05) is 0 Å². The summed E-state index contributed by atoms with van der Waals surface area (Å²) in [5.41, 5.74) is 2.35. The van der Waals surface area contributed by atoms with E-state index in [2.05, 4.69) is 10.3 Å². The normalized spacial score (nSPS) is 10.5. The highest BCUT2D eigenvalue weighted by molar-refractivity contribution is 5.93. The van der Waals surface area contributed by atoms with Crippen molar-refractivity contribution in [3.63, 3.8) is 0 Å². The van der Waals surface area contributed by atoms with Gasteiger partial charge in [0.25, 0.3) is 6.01 Å². The zero-order chi connectivity index (χ0) is 19.4. The molecule has 0 fully saturated rings. The first-order valence-electron chi connectivity index (χ1n) is 8.11. The van der Waals surface area contributed by atoms with E-state index in [1.165, 1.54) is 7.11 Å². The van der Waals surface area contributed by atoms with E-state index in [-0.39, 0.29) is 0 Å². The van der Waals surface area contributed by atoms with Crippen LogP contribution in [0, 0.1) is 0 Å². The van der Waals surface area contributed by atoms with Crippen LogP contribution in [-0.4, -0.2) is 39.4 Å². The maximum Gasteiger partial charge on any atom is 0.337 e. The summed E-state index contributed by atoms with van der Waals surface area (Å²) >= 11 is 0. The standard InChI is InChI=1S/C19H20N2O6/c1-23-14-8-6-12(16(24-2)17(14)25-3)10-20-19-21-13-7-5-11(18(22)26-4)9-15(13)27-19/h5-9H,10H2,1-4H3,(H,20,21). The molecule has 27 heavy (non-hydrogen) atoms. The quantitative estimate of drug-likeness (QED) is 0.632. The van der Waals surface area contributed by atoms with Crippen molar-refractivity contribution >= 4 is 23.1 Å². The van der Waals surface area contributed by atoms with Gasteiger partial charge in [-0.2, -0.15) is 4.98 Å². The highest BCUT2D eigenvalue weighted by atomic mass is 16.5. The maximum absolute atomic E-state index is 11.6. The molecule has 2 aromatic carbocycles. The van der Waals surface area contributed by atoms with Crippen molar-refractivity contribution in [2.75, 3.05) is 33.8 Å². The van der Waals surface area contributed by atoms with E-state index >= 15 is 0 Å². The minimum atomic E-state index is -0.433. The van der Waals surface area contributed by atoms with Crippen LogP contribution in [0.4, 0.5) is 6.01 Å². The van der Waals surface area contributed by atoms with Gasteiger partial charge in [0.15, 0.2) is 17.1 Å². The molecule has 1 heterocycles. The van der Waals surface area contributed by atoms with Crippen LogP contribution in [-0.2, 0) is 11.3 Å². The minimum Gasteiger partial charge on any atom is -0.493 e. The molecule has 1 N–H and O–H groups in total. The Morgan fingerprint density at radius 3 is 2.48 bits per heavy atom. The number of ether oxygens (including phenoxy) is 4. The molecule has 0 amide bonds. The molecular formula is C19H20N2O6. The van der Waals surface area contributed by atoms with Crippen molar-refractivity contribution < 1.29 is 28.2 Å². The third-order valence-electron chi connectivity index (χ3n) is 4.03. The Balaban J connectivity index is 1.83. The lowest BCUT2D eigenvalue weighted by Gasteiger charge is -2.15. The second kappa shape index (κ2) is 7.86. The number of fused-ring (bicyclic) bond motifs is 1. The van der Waals surface area contributed by atoms with E-state index < -0.39 is 5.97 Å². The second-order valence-corrected chi connectivity index (χ2v) is 5.54. The number of aromatic nitrogens is 1. The summed E-state index contributed by atoms with van der Waals surface area (Å²) in [4.78, 5) is 16.0. The molecule has 0 spiro atoms. The Labute approximate surface area is 156 Å². The fourth-order valence-corrected chi connectivity index (χ4v) is 2.72. The molecule has 0 atom stereocenters. The third-order valence-corrected chi connectivity index (χ3v) is 4.03. The molecule has 0 bridgehead atoms. The van der Waals surface area contributed by atoms with Crippen LogP contribution >= 0.6 is 0 Å². The highest BCUT2D eigenvalue weighted by Gasteiger charge is 2.16. The molecule has 3 aromatic rings. The number of anilines is 1. The largest absolute Gasteiger partial charge is 0.493 e. The van der Waals surface area contributed by atoms with Gasteiger partial charge in [-0.15, -0.1) is 0 Å². The van der Waals surface area contributed by atoms with Crippen molar-refractivity contribution in [2.45, 2.75) is 6.54 Å². The predicted octanol–water partition coefficient (Wildman–Crippen LogP) is 3.25. The molecule has 0 aliphatic carbocycles. The number of hydrogen-bond acceptors (Lipinski definition) is 8. The molecular weight excluding hydrogens is 352 g/mol. The number of esters is 1. The molecule has 0 aliphatic heterocycles. The number of methoxy groups -OCH3 is 4. The molecule has 0 saturated heterocycles. The molecule has 1 aromatic heterocycles. The zero-order valence-corrected chi connectivity index (χ0v) is 15.5. The molecule has 142 valence electrons. The number of benzene rings is 2. The van der Waals surface area contributed by atoms with Gasteiger partial charge < -0.3 is 28.7 Å². The Hall–Kier alpha value is -3.42. The minimum absolute atomic E-state index is 0.323. The first-order chi connectivity index (χ1) is 13.1. The molecule has 8 nitrogen and oxygen atoms in total. The number of rotatable bonds is 7. The lowest BCUT2D eigenvalue weighted by molar-refractivity contribution is 0.0601. The number of oxazole rings is 1. The molecule has 0 saturated carbocycles. The maximum atomic E-state index is 11.6. The van der Waals surface area contributed by atoms with E-state index in [0.717, 1.165) is 5.56 Å². The summed E-state index contributed by atoms with van der Waals surface area (Å²) < 4.78 is 26.5. The Kier molecular flexibility index (Phi) is 5.35. The molecule has 3 rings (SSSR count). The first-order valence-corrected chi connectivity index (χ1v) is 8.11. The van der Waals surface area contributed by atoms with Crippen LogP contribution in [0.1, 0.15) is 15.9 Å². The van der Waals surface area contributed by atoms with Gasteiger partial charge in [-0.25, -0.2) is 4.79 Å². The predicted molar refractivity (Wildman–Crippen MR) is 98.8 cm³/mol. The van der Waals surface area contributed by atoms with E-state index in [0.29, 0.717) is 46.5 Å². The lowest BCUT2D eigenvalue weighted by Crippen LogP contribution is -2.04.